The number of anilines is 1. The predicted molar refractivity (Wildman–Crippen MR) is 119 cm³/mol. The molecule has 5 heteroatoms. The largest absolute Gasteiger partial charge is 0.490 e. The summed E-state index contributed by atoms with van der Waals surface area (Å²) in [5, 5.41) is 5.84. The van der Waals surface area contributed by atoms with Crippen LogP contribution in [0.3, 0.4) is 0 Å². The SMILES string of the molecule is CC(C)Oc1ccccc1C(=O)Nc1ccccc1C(=O)NC(C)c1ccccc1. The van der Waals surface area contributed by atoms with Gasteiger partial charge in [-0.05, 0) is 50.6 Å². The van der Waals surface area contributed by atoms with Crippen molar-refractivity contribution in [3.05, 3.63) is 95.6 Å². The van der Waals surface area contributed by atoms with Crippen molar-refractivity contribution in [2.24, 2.45) is 0 Å². The Labute approximate surface area is 177 Å². The van der Waals surface area contributed by atoms with Gasteiger partial charge >= 0.3 is 0 Å². The van der Waals surface area contributed by atoms with Crippen molar-refractivity contribution in [1.82, 2.24) is 5.32 Å². The van der Waals surface area contributed by atoms with E-state index in [2.05, 4.69) is 10.6 Å². The van der Waals surface area contributed by atoms with Gasteiger partial charge < -0.3 is 15.4 Å². The van der Waals surface area contributed by atoms with Crippen LogP contribution in [-0.2, 0) is 0 Å². The van der Waals surface area contributed by atoms with Crippen molar-refractivity contribution in [2.75, 3.05) is 5.32 Å². The average Bonchev–Trinajstić information content (AvgIpc) is 2.74. The Morgan fingerprint density at radius 1 is 0.733 bits per heavy atom. The Kier molecular flexibility index (Phi) is 6.86. The van der Waals surface area contributed by atoms with Crippen molar-refractivity contribution in [3.8, 4) is 5.75 Å². The van der Waals surface area contributed by atoms with Gasteiger partial charge in [0.25, 0.3) is 11.8 Å². The molecule has 1 atom stereocenters. The highest BCUT2D eigenvalue weighted by Gasteiger charge is 2.18. The van der Waals surface area contributed by atoms with Gasteiger partial charge in [-0.15, -0.1) is 0 Å². The summed E-state index contributed by atoms with van der Waals surface area (Å²) < 4.78 is 5.74. The van der Waals surface area contributed by atoms with E-state index in [0.717, 1.165) is 5.56 Å². The van der Waals surface area contributed by atoms with Gasteiger partial charge in [-0.3, -0.25) is 9.59 Å². The second-order valence-electron chi connectivity index (χ2n) is 7.27. The Morgan fingerprint density at radius 3 is 2.03 bits per heavy atom. The number of para-hydroxylation sites is 2. The van der Waals surface area contributed by atoms with Gasteiger partial charge in [0.2, 0.25) is 0 Å². The number of amides is 2. The molecule has 2 N–H and O–H groups in total. The third-order valence-electron chi connectivity index (χ3n) is 4.56. The molecule has 0 saturated heterocycles. The summed E-state index contributed by atoms with van der Waals surface area (Å²) in [5.41, 5.74) is 2.27. The van der Waals surface area contributed by atoms with E-state index in [4.69, 9.17) is 4.74 Å². The van der Waals surface area contributed by atoms with Crippen molar-refractivity contribution in [1.29, 1.82) is 0 Å². The molecule has 3 aromatic carbocycles. The van der Waals surface area contributed by atoms with Crippen LogP contribution < -0.4 is 15.4 Å². The van der Waals surface area contributed by atoms with Crippen molar-refractivity contribution < 1.29 is 14.3 Å². The molecule has 0 aliphatic heterocycles. The number of carbonyl (C=O) groups is 2. The first kappa shape index (κ1) is 21.1. The predicted octanol–water partition coefficient (Wildman–Crippen LogP) is 5.22. The number of hydrogen-bond acceptors (Lipinski definition) is 3. The normalized spacial score (nSPS) is 11.6. The zero-order valence-electron chi connectivity index (χ0n) is 17.4. The molecule has 2 amide bonds. The Balaban J connectivity index is 1.79. The van der Waals surface area contributed by atoms with Crippen LogP contribution in [0.1, 0.15) is 53.1 Å². The van der Waals surface area contributed by atoms with Crippen LogP contribution >= 0.6 is 0 Å². The number of carbonyl (C=O) groups excluding carboxylic acids is 2. The molecule has 0 bridgehead atoms. The van der Waals surface area contributed by atoms with Gasteiger partial charge in [-0.1, -0.05) is 54.6 Å². The van der Waals surface area contributed by atoms with Crippen molar-refractivity contribution in [3.63, 3.8) is 0 Å². The molecular formula is C25H26N2O3. The minimum absolute atomic E-state index is 0.0588. The number of ether oxygens (including phenoxy) is 1. The highest BCUT2D eigenvalue weighted by molar-refractivity contribution is 6.10. The maximum Gasteiger partial charge on any atom is 0.259 e. The van der Waals surface area contributed by atoms with Gasteiger partial charge in [0.05, 0.1) is 29.0 Å². The molecule has 0 aromatic heterocycles. The molecule has 154 valence electrons. The quantitative estimate of drug-likeness (QED) is 0.570. The molecule has 5 nitrogen and oxygen atoms in total. The fourth-order valence-electron chi connectivity index (χ4n) is 3.09. The monoisotopic (exact) mass is 402 g/mol. The van der Waals surface area contributed by atoms with E-state index in [0.29, 0.717) is 22.6 Å². The maximum absolute atomic E-state index is 12.9. The van der Waals surface area contributed by atoms with Gasteiger partial charge in [0.15, 0.2) is 0 Å². The Morgan fingerprint density at radius 2 is 1.33 bits per heavy atom. The number of benzene rings is 3. The maximum atomic E-state index is 12.9. The topological polar surface area (TPSA) is 67.4 Å². The smallest absolute Gasteiger partial charge is 0.259 e. The van der Waals surface area contributed by atoms with Crippen molar-refractivity contribution >= 4 is 17.5 Å². The summed E-state index contributed by atoms with van der Waals surface area (Å²) in [4.78, 5) is 25.8. The Bertz CT molecular complexity index is 1020. The fraction of sp³-hybridized carbons (Fsp3) is 0.200. The lowest BCUT2D eigenvalue weighted by molar-refractivity contribution is 0.0940. The van der Waals surface area contributed by atoms with Crippen LogP contribution in [0.2, 0.25) is 0 Å². The molecule has 0 heterocycles. The molecule has 3 rings (SSSR count). The van der Waals surface area contributed by atoms with E-state index in [1.807, 2.05) is 57.2 Å². The van der Waals surface area contributed by atoms with Gasteiger partial charge in [-0.25, -0.2) is 0 Å². The minimum Gasteiger partial charge on any atom is -0.490 e. The van der Waals surface area contributed by atoms with E-state index in [-0.39, 0.29) is 24.0 Å². The average molecular weight is 402 g/mol. The molecule has 0 aliphatic rings. The molecule has 0 spiro atoms. The highest BCUT2D eigenvalue weighted by Crippen LogP contribution is 2.23. The summed E-state index contributed by atoms with van der Waals surface area (Å²) in [6.07, 6.45) is -0.0588. The summed E-state index contributed by atoms with van der Waals surface area (Å²) in [6, 6.07) is 23.6. The first-order valence-corrected chi connectivity index (χ1v) is 9.97. The van der Waals surface area contributed by atoms with E-state index < -0.39 is 0 Å². The number of nitrogens with one attached hydrogen (secondary N) is 2. The summed E-state index contributed by atoms with van der Waals surface area (Å²) in [6.45, 7) is 5.73. The van der Waals surface area contributed by atoms with E-state index in [1.165, 1.54) is 0 Å². The number of hydrogen-bond donors (Lipinski definition) is 2. The molecule has 30 heavy (non-hydrogen) atoms. The zero-order valence-corrected chi connectivity index (χ0v) is 17.4. The molecule has 1 unspecified atom stereocenters. The molecule has 0 saturated carbocycles. The van der Waals surface area contributed by atoms with E-state index >= 15 is 0 Å². The second-order valence-corrected chi connectivity index (χ2v) is 7.27. The fourth-order valence-corrected chi connectivity index (χ4v) is 3.09. The van der Waals surface area contributed by atoms with Crippen LogP contribution in [0.5, 0.6) is 5.75 Å². The van der Waals surface area contributed by atoms with Crippen LogP contribution in [0, 0.1) is 0 Å². The van der Waals surface area contributed by atoms with Crippen LogP contribution in [-0.4, -0.2) is 17.9 Å². The van der Waals surface area contributed by atoms with Gasteiger partial charge in [0.1, 0.15) is 5.75 Å². The summed E-state index contributed by atoms with van der Waals surface area (Å²) in [5.74, 6) is -0.0822. The van der Waals surface area contributed by atoms with Gasteiger partial charge in [0, 0.05) is 0 Å². The van der Waals surface area contributed by atoms with Crippen LogP contribution in [0.15, 0.2) is 78.9 Å². The number of rotatable bonds is 7. The lowest BCUT2D eigenvalue weighted by Gasteiger charge is -2.17. The third kappa shape index (κ3) is 5.26. The molecular weight excluding hydrogens is 376 g/mol. The molecule has 0 radical (unpaired) electrons. The van der Waals surface area contributed by atoms with Crippen molar-refractivity contribution in [2.45, 2.75) is 32.9 Å². The summed E-state index contributed by atoms with van der Waals surface area (Å²) in [7, 11) is 0. The summed E-state index contributed by atoms with van der Waals surface area (Å²) >= 11 is 0. The van der Waals surface area contributed by atoms with Gasteiger partial charge in [-0.2, -0.15) is 0 Å². The zero-order chi connectivity index (χ0) is 21.5. The van der Waals surface area contributed by atoms with Crippen LogP contribution in [0.25, 0.3) is 0 Å². The lowest BCUT2D eigenvalue weighted by Crippen LogP contribution is -2.28. The first-order chi connectivity index (χ1) is 14.5. The molecule has 0 fully saturated rings. The standard InChI is InChI=1S/C25H26N2O3/c1-17(2)30-23-16-10-8-14-21(23)25(29)27-22-15-9-7-13-20(22)24(28)26-18(3)19-11-5-4-6-12-19/h4-18H,1-3H3,(H,26,28)(H,27,29). The van der Waals surface area contributed by atoms with E-state index in [1.54, 1.807) is 42.5 Å². The minimum atomic E-state index is -0.331. The molecule has 3 aromatic rings. The molecule has 0 aliphatic carbocycles. The second kappa shape index (κ2) is 9.74. The highest BCUT2D eigenvalue weighted by atomic mass is 16.5. The Hall–Kier alpha value is -3.60. The van der Waals surface area contributed by atoms with Crippen LogP contribution in [0.4, 0.5) is 5.69 Å². The lowest BCUT2D eigenvalue weighted by atomic mass is 10.1. The first-order valence-electron chi connectivity index (χ1n) is 9.97. The van der Waals surface area contributed by atoms with E-state index in [9.17, 15) is 9.59 Å². The third-order valence-corrected chi connectivity index (χ3v) is 4.56.